The first-order valence-corrected chi connectivity index (χ1v) is 32.7. The van der Waals surface area contributed by atoms with Crippen LogP contribution in [0.5, 0.6) is 23.0 Å². The van der Waals surface area contributed by atoms with E-state index in [-0.39, 0.29) is 43.5 Å². The Morgan fingerprint density at radius 3 is 0.889 bits per heavy atom. The number of fused-ring (bicyclic) bond motifs is 2. The molecule has 0 heterocycles. The molecule has 0 amide bonds. The monoisotopic (exact) mass is 1280 g/mol. The van der Waals surface area contributed by atoms with E-state index in [1.165, 1.54) is 50.6 Å². The molecule has 3 heteroatoms. The van der Waals surface area contributed by atoms with Crippen molar-refractivity contribution in [1.29, 1.82) is 0 Å². The molecule has 1 unspecified atom stereocenters. The van der Waals surface area contributed by atoms with Crippen LogP contribution in [-0.4, -0.2) is 0 Å². The Morgan fingerprint density at radius 1 is 0.289 bits per heavy atom. The molecule has 1 radical (unpaired) electrons. The van der Waals surface area contributed by atoms with Gasteiger partial charge in [0, 0.05) is 38.1 Å². The molecular formula is C87H110O2Y-2. The summed E-state index contributed by atoms with van der Waals surface area (Å²) in [5.74, 6) is 3.36. The van der Waals surface area contributed by atoms with Crippen LogP contribution in [0.3, 0.4) is 0 Å². The van der Waals surface area contributed by atoms with Gasteiger partial charge in [0.05, 0.1) is 0 Å². The van der Waals surface area contributed by atoms with Crippen LogP contribution in [0, 0.1) is 32.9 Å². The van der Waals surface area contributed by atoms with Crippen molar-refractivity contribution in [1.82, 2.24) is 0 Å². The van der Waals surface area contributed by atoms with E-state index in [1.54, 1.807) is 0 Å². The van der Waals surface area contributed by atoms with Gasteiger partial charge in [0.15, 0.2) is 0 Å². The van der Waals surface area contributed by atoms with Crippen molar-refractivity contribution in [2.45, 2.75) is 156 Å². The summed E-state index contributed by atoms with van der Waals surface area (Å²) < 4.78 is 11.9. The van der Waals surface area contributed by atoms with E-state index in [9.17, 15) is 0 Å². The predicted octanol–water partition coefficient (Wildman–Crippen LogP) is 27.2. The largest absolute Gasteiger partial charge is 0.457 e. The molecule has 0 aliphatic heterocycles. The Bertz CT molecular complexity index is 3100. The molecule has 0 spiro atoms. The van der Waals surface area contributed by atoms with Crippen molar-refractivity contribution in [2.75, 3.05) is 0 Å². The third-order valence-corrected chi connectivity index (χ3v) is 12.8. The standard InChI is InChI=1S/C26H22O2.C18H20.C10H8.C7H8.2C6H5.7C2H6.Y/c1-19-5-3-7-25(17-19)27-23-13-9-21(10-14-23)22-11-15-24(16-12-22)28-26-8-4-6-20(2)18-26;1-17(2)13-18(3,14-9-5-4-6-10-14)16-12-8-7-11-15(16)17;1-2-6-10-8-4-3-7-9(10)5-1;1-7-5-3-2-4-6-7;2*1-2-4-6-5-3-1;7*1-2;/h3-18H,1-2H3;4-12H,13H2,1-3H3;1-8H;2-6H,1H3;2*1-5H;7*1-2H3;/q;;;;2*-1;;;;;;;;. The third kappa shape index (κ3) is 32.2. The number of rotatable bonds is 6. The van der Waals surface area contributed by atoms with Gasteiger partial charge in [-0.15, -0.1) is 0 Å². The first-order valence-electron chi connectivity index (χ1n) is 32.7. The Kier molecular flexibility index (Phi) is 50.0. The molecule has 0 aromatic heterocycles. The average Bonchev–Trinajstić information content (AvgIpc) is 1.60. The van der Waals surface area contributed by atoms with E-state index in [2.05, 4.69) is 205 Å². The maximum Gasteiger partial charge on any atom is 0.127 e. The van der Waals surface area contributed by atoms with Gasteiger partial charge in [0.1, 0.15) is 23.0 Å². The van der Waals surface area contributed by atoms with Gasteiger partial charge in [-0.25, -0.2) is 0 Å². The maximum atomic E-state index is 5.93. The van der Waals surface area contributed by atoms with E-state index >= 15 is 0 Å². The fourth-order valence-corrected chi connectivity index (χ4v) is 9.10. The molecule has 90 heavy (non-hydrogen) atoms. The maximum absolute atomic E-state index is 5.93. The van der Waals surface area contributed by atoms with Gasteiger partial charge in [-0.2, -0.15) is 72.8 Å². The minimum Gasteiger partial charge on any atom is -0.457 e. The fourth-order valence-electron chi connectivity index (χ4n) is 9.10. The second-order valence-electron chi connectivity index (χ2n) is 19.3. The molecule has 0 saturated carbocycles. The molecule has 11 aromatic carbocycles. The van der Waals surface area contributed by atoms with Crippen LogP contribution < -0.4 is 9.47 Å². The Hall–Kier alpha value is -7.62. The van der Waals surface area contributed by atoms with E-state index in [0.717, 1.165) is 34.1 Å². The Balaban J connectivity index is 0. The molecule has 0 fully saturated rings. The van der Waals surface area contributed by atoms with Gasteiger partial charge >= 0.3 is 0 Å². The molecule has 2 nitrogen and oxygen atoms in total. The van der Waals surface area contributed by atoms with Crippen molar-refractivity contribution in [2.24, 2.45) is 0 Å². The van der Waals surface area contributed by atoms with E-state index in [0.29, 0.717) is 0 Å². The van der Waals surface area contributed by atoms with Crippen LogP contribution in [0.2, 0.25) is 0 Å². The van der Waals surface area contributed by atoms with Gasteiger partial charge in [-0.05, 0) is 131 Å². The van der Waals surface area contributed by atoms with E-state index in [1.807, 2.05) is 236 Å². The molecular weight excluding hydrogens is 1170 g/mol. The van der Waals surface area contributed by atoms with Gasteiger partial charge in [0.2, 0.25) is 0 Å². The minimum absolute atomic E-state index is 0. The molecule has 12 rings (SSSR count). The second-order valence-corrected chi connectivity index (χ2v) is 19.3. The topological polar surface area (TPSA) is 18.5 Å². The fraction of sp³-hybridized carbons (Fsp3) is 0.264. The molecule has 0 N–H and O–H groups in total. The molecule has 0 saturated heterocycles. The van der Waals surface area contributed by atoms with Crippen LogP contribution in [-0.2, 0) is 43.5 Å². The Morgan fingerprint density at radius 2 is 0.589 bits per heavy atom. The summed E-state index contributed by atoms with van der Waals surface area (Å²) in [6, 6.07) is 104. The molecule has 1 aliphatic rings. The Labute approximate surface area is 575 Å². The van der Waals surface area contributed by atoms with Gasteiger partial charge in [0.25, 0.3) is 0 Å². The van der Waals surface area contributed by atoms with Crippen LogP contribution >= 0.6 is 0 Å². The molecule has 1 aliphatic carbocycles. The zero-order chi connectivity index (χ0) is 66.6. The molecule has 1 atom stereocenters. The second kappa shape index (κ2) is 53.2. The van der Waals surface area contributed by atoms with Crippen molar-refractivity contribution in [3.8, 4) is 34.1 Å². The summed E-state index contributed by atoms with van der Waals surface area (Å²) in [6.45, 7) is 41.3. The molecule has 11 aromatic rings. The van der Waals surface area contributed by atoms with Crippen molar-refractivity contribution < 1.29 is 42.2 Å². The number of hydrogen-bond acceptors (Lipinski definition) is 2. The first kappa shape index (κ1) is 84.4. The van der Waals surface area contributed by atoms with Crippen LogP contribution in [0.1, 0.15) is 158 Å². The molecule has 475 valence electrons. The van der Waals surface area contributed by atoms with Crippen molar-refractivity contribution >= 4 is 10.8 Å². The zero-order valence-electron chi connectivity index (χ0n) is 58.8. The third-order valence-electron chi connectivity index (χ3n) is 12.8. The zero-order valence-corrected chi connectivity index (χ0v) is 61.7. The summed E-state index contributed by atoms with van der Waals surface area (Å²) in [4.78, 5) is 0. The first-order chi connectivity index (χ1) is 43.6. The summed E-state index contributed by atoms with van der Waals surface area (Å²) in [6.07, 6.45) is 1.18. The summed E-state index contributed by atoms with van der Waals surface area (Å²) in [5, 5.41) is 2.62. The number of benzene rings is 11. The van der Waals surface area contributed by atoms with Crippen LogP contribution in [0.4, 0.5) is 0 Å². The number of aryl methyl sites for hydroxylation is 3. The summed E-state index contributed by atoms with van der Waals surface area (Å²) in [7, 11) is 0. The number of ether oxygens (including phenoxy) is 2. The summed E-state index contributed by atoms with van der Waals surface area (Å²) in [5.41, 5.74) is 10.8. The number of hydrogen-bond donors (Lipinski definition) is 0. The van der Waals surface area contributed by atoms with Crippen LogP contribution in [0.25, 0.3) is 21.9 Å². The normalized spacial score (nSPS) is 11.6. The van der Waals surface area contributed by atoms with Crippen LogP contribution in [0.15, 0.2) is 291 Å². The van der Waals surface area contributed by atoms with E-state index in [4.69, 9.17) is 9.47 Å². The smallest absolute Gasteiger partial charge is 0.127 e. The van der Waals surface area contributed by atoms with Gasteiger partial charge in [-0.1, -0.05) is 305 Å². The summed E-state index contributed by atoms with van der Waals surface area (Å²) >= 11 is 0. The van der Waals surface area contributed by atoms with Gasteiger partial charge in [-0.3, -0.25) is 0 Å². The van der Waals surface area contributed by atoms with Gasteiger partial charge < -0.3 is 9.47 Å². The quantitative estimate of drug-likeness (QED) is 0.155. The minimum atomic E-state index is 0. The average molecular weight is 1280 g/mol. The molecule has 0 bridgehead atoms. The SMILES string of the molecule is CC.CC.CC.CC.CC.CC.CC.CC1(C)CC(C)(c2ccccc2)c2ccccc21.Cc1cccc(Oc2ccc(-c3ccc(Oc4cccc(C)c4)cc3)cc2)c1.Cc1ccccc1.[Y].[c-]1ccccc1.[c-]1ccccc1.c1ccc2ccccc2c1. The van der Waals surface area contributed by atoms with Crippen molar-refractivity contribution in [3.05, 3.63) is 337 Å². The predicted molar refractivity (Wildman–Crippen MR) is 396 cm³/mol. The van der Waals surface area contributed by atoms with E-state index < -0.39 is 0 Å². The van der Waals surface area contributed by atoms with Crippen molar-refractivity contribution in [3.63, 3.8) is 0 Å².